The molecule has 0 spiro atoms. The summed E-state index contributed by atoms with van der Waals surface area (Å²) in [5.74, 6) is 3.04. The lowest BCUT2D eigenvalue weighted by Gasteiger charge is -2.50. The van der Waals surface area contributed by atoms with E-state index in [2.05, 4.69) is 30.4 Å². The molecule has 30 heavy (non-hydrogen) atoms. The fourth-order valence-electron chi connectivity index (χ4n) is 6.80. The van der Waals surface area contributed by atoms with Crippen molar-refractivity contribution in [2.24, 2.45) is 17.3 Å². The summed E-state index contributed by atoms with van der Waals surface area (Å²) in [5, 5.41) is 25.0. The Hall–Kier alpha value is -2.04. The van der Waals surface area contributed by atoms with E-state index in [1.54, 1.807) is 13.2 Å². The van der Waals surface area contributed by atoms with E-state index in [1.165, 1.54) is 17.5 Å². The molecular formula is C26H33NO3. The number of aliphatic hydroxyl groups excluding tert-OH is 1. The van der Waals surface area contributed by atoms with Gasteiger partial charge in [0, 0.05) is 18.2 Å². The summed E-state index contributed by atoms with van der Waals surface area (Å²) in [6.45, 7) is 2.90. The van der Waals surface area contributed by atoms with Crippen molar-refractivity contribution in [1.82, 2.24) is 5.32 Å². The normalized spacial score (nSPS) is 34.7. The second kappa shape index (κ2) is 7.58. The molecular weight excluding hydrogens is 374 g/mol. The van der Waals surface area contributed by atoms with Crippen LogP contribution >= 0.6 is 0 Å². The SMILES string of the molecule is COc1ccc2c(c1)CC[C@@H]1[C@@H]2CC[C@]2(C)[C@@H](O)[C@@H](NCc3ccccc3O)C[C@@H]12. The van der Waals surface area contributed by atoms with Gasteiger partial charge in [0.1, 0.15) is 11.5 Å². The minimum atomic E-state index is -0.341. The first-order valence-corrected chi connectivity index (χ1v) is 11.4. The zero-order valence-electron chi connectivity index (χ0n) is 18.0. The van der Waals surface area contributed by atoms with Crippen molar-refractivity contribution < 1.29 is 14.9 Å². The number of aryl methyl sites for hydroxylation is 1. The molecule has 6 atom stereocenters. The van der Waals surface area contributed by atoms with Crippen LogP contribution in [0.15, 0.2) is 42.5 Å². The number of hydrogen-bond acceptors (Lipinski definition) is 4. The number of phenolic OH excluding ortho intramolecular Hbond substituents is 1. The molecule has 160 valence electrons. The quantitative estimate of drug-likeness (QED) is 0.704. The number of para-hydroxylation sites is 1. The number of hydrogen-bond donors (Lipinski definition) is 3. The van der Waals surface area contributed by atoms with Gasteiger partial charge >= 0.3 is 0 Å². The first kappa shape index (κ1) is 19.9. The van der Waals surface area contributed by atoms with Crippen molar-refractivity contribution in [3.63, 3.8) is 0 Å². The summed E-state index contributed by atoms with van der Waals surface area (Å²) >= 11 is 0. The molecule has 4 heteroatoms. The van der Waals surface area contributed by atoms with Crippen LogP contribution in [-0.4, -0.2) is 29.5 Å². The Morgan fingerprint density at radius 3 is 2.80 bits per heavy atom. The standard InChI is InChI=1S/C26H33NO3/c1-26-12-11-20-19-10-8-18(30-2)13-16(19)7-9-21(20)22(26)14-23(25(26)29)27-15-17-5-3-4-6-24(17)28/h3-6,8,10,13,20-23,25,27-29H,7,9,11-12,14-15H2,1-2H3/t20-,21-,22+,23+,25+,26+/m1/s1. The Kier molecular flexibility index (Phi) is 5.03. The van der Waals surface area contributed by atoms with Crippen molar-refractivity contribution in [1.29, 1.82) is 0 Å². The molecule has 0 radical (unpaired) electrons. The monoisotopic (exact) mass is 407 g/mol. The van der Waals surface area contributed by atoms with E-state index in [4.69, 9.17) is 4.74 Å². The molecule has 3 aliphatic carbocycles. The van der Waals surface area contributed by atoms with Gasteiger partial charge in [0.15, 0.2) is 0 Å². The molecule has 0 aromatic heterocycles. The number of rotatable bonds is 4. The molecule has 0 bridgehead atoms. The predicted molar refractivity (Wildman–Crippen MR) is 118 cm³/mol. The van der Waals surface area contributed by atoms with Gasteiger partial charge in [0.25, 0.3) is 0 Å². The zero-order valence-corrected chi connectivity index (χ0v) is 18.0. The summed E-state index contributed by atoms with van der Waals surface area (Å²) in [4.78, 5) is 0. The van der Waals surface area contributed by atoms with Crippen LogP contribution in [0.3, 0.4) is 0 Å². The Morgan fingerprint density at radius 2 is 2.00 bits per heavy atom. The van der Waals surface area contributed by atoms with Crippen LogP contribution in [-0.2, 0) is 13.0 Å². The molecule has 2 fully saturated rings. The second-order valence-corrected chi connectivity index (χ2v) is 9.82. The molecule has 0 heterocycles. The van der Waals surface area contributed by atoms with Gasteiger partial charge in [-0.15, -0.1) is 0 Å². The third-order valence-corrected chi connectivity index (χ3v) is 8.48. The number of ether oxygens (including phenoxy) is 1. The van der Waals surface area contributed by atoms with Gasteiger partial charge < -0.3 is 20.3 Å². The van der Waals surface area contributed by atoms with Crippen LogP contribution in [0, 0.1) is 17.3 Å². The number of benzene rings is 2. The van der Waals surface area contributed by atoms with E-state index in [9.17, 15) is 10.2 Å². The van der Waals surface area contributed by atoms with Crippen molar-refractivity contribution in [2.75, 3.05) is 7.11 Å². The number of nitrogens with one attached hydrogen (secondary N) is 1. The maximum Gasteiger partial charge on any atom is 0.120 e. The highest BCUT2D eigenvalue weighted by molar-refractivity contribution is 5.41. The van der Waals surface area contributed by atoms with Gasteiger partial charge in [-0.25, -0.2) is 0 Å². The average Bonchev–Trinajstić information content (AvgIpc) is 3.03. The molecule has 3 N–H and O–H groups in total. The molecule has 4 nitrogen and oxygen atoms in total. The smallest absolute Gasteiger partial charge is 0.120 e. The van der Waals surface area contributed by atoms with E-state index in [1.807, 2.05) is 18.2 Å². The molecule has 0 saturated heterocycles. The molecule has 0 amide bonds. The van der Waals surface area contributed by atoms with Gasteiger partial charge in [0.2, 0.25) is 0 Å². The maximum absolute atomic E-state index is 11.3. The van der Waals surface area contributed by atoms with Crippen LogP contribution in [0.2, 0.25) is 0 Å². The molecule has 0 unspecified atom stereocenters. The number of aliphatic hydroxyl groups is 1. The maximum atomic E-state index is 11.3. The minimum absolute atomic E-state index is 0.0263. The number of phenols is 1. The van der Waals surface area contributed by atoms with Crippen molar-refractivity contribution in [2.45, 2.75) is 63.6 Å². The van der Waals surface area contributed by atoms with Crippen LogP contribution < -0.4 is 10.1 Å². The molecule has 3 aliphatic rings. The highest BCUT2D eigenvalue weighted by atomic mass is 16.5. The van der Waals surface area contributed by atoms with Crippen LogP contribution in [0.1, 0.15) is 55.2 Å². The van der Waals surface area contributed by atoms with Crippen molar-refractivity contribution >= 4 is 0 Å². The largest absolute Gasteiger partial charge is 0.508 e. The van der Waals surface area contributed by atoms with E-state index in [0.717, 1.165) is 37.0 Å². The van der Waals surface area contributed by atoms with E-state index < -0.39 is 0 Å². The lowest BCUT2D eigenvalue weighted by atomic mass is 9.55. The van der Waals surface area contributed by atoms with Crippen LogP contribution in [0.4, 0.5) is 0 Å². The van der Waals surface area contributed by atoms with Gasteiger partial charge in [0.05, 0.1) is 13.2 Å². The molecule has 5 rings (SSSR count). The lowest BCUT2D eigenvalue weighted by Crippen LogP contribution is -2.46. The van der Waals surface area contributed by atoms with Gasteiger partial charge in [-0.2, -0.15) is 0 Å². The summed E-state index contributed by atoms with van der Waals surface area (Å²) in [7, 11) is 1.74. The van der Waals surface area contributed by atoms with Crippen molar-refractivity contribution in [3.8, 4) is 11.5 Å². The summed E-state index contributed by atoms with van der Waals surface area (Å²) in [5.41, 5.74) is 3.82. The fraction of sp³-hybridized carbons (Fsp3) is 0.538. The zero-order chi connectivity index (χ0) is 20.9. The number of methoxy groups -OCH3 is 1. The van der Waals surface area contributed by atoms with E-state index in [0.29, 0.717) is 30.0 Å². The molecule has 2 aromatic carbocycles. The third-order valence-electron chi connectivity index (χ3n) is 8.48. The molecule has 0 aliphatic heterocycles. The Bertz CT molecular complexity index is 928. The summed E-state index contributed by atoms with van der Waals surface area (Å²) in [6.07, 6.45) is 5.20. The first-order valence-electron chi connectivity index (χ1n) is 11.4. The fourth-order valence-corrected chi connectivity index (χ4v) is 6.80. The lowest BCUT2D eigenvalue weighted by molar-refractivity contribution is -0.0281. The number of aromatic hydroxyl groups is 1. The predicted octanol–water partition coefficient (Wildman–Crippen LogP) is 4.39. The van der Waals surface area contributed by atoms with Gasteiger partial charge in [-0.05, 0) is 84.6 Å². The summed E-state index contributed by atoms with van der Waals surface area (Å²) < 4.78 is 5.44. The Morgan fingerprint density at radius 1 is 1.17 bits per heavy atom. The minimum Gasteiger partial charge on any atom is -0.508 e. The summed E-state index contributed by atoms with van der Waals surface area (Å²) in [6, 6.07) is 14.2. The highest BCUT2D eigenvalue weighted by Crippen LogP contribution is 2.61. The molecule has 2 aromatic rings. The van der Waals surface area contributed by atoms with E-state index in [-0.39, 0.29) is 17.6 Å². The number of fused-ring (bicyclic) bond motifs is 5. The van der Waals surface area contributed by atoms with Gasteiger partial charge in [-0.1, -0.05) is 31.2 Å². The third kappa shape index (κ3) is 3.12. The Balaban J connectivity index is 1.35. The topological polar surface area (TPSA) is 61.7 Å². The molecule has 2 saturated carbocycles. The average molecular weight is 408 g/mol. The van der Waals surface area contributed by atoms with Gasteiger partial charge in [-0.3, -0.25) is 0 Å². The van der Waals surface area contributed by atoms with Crippen LogP contribution in [0.25, 0.3) is 0 Å². The highest BCUT2D eigenvalue weighted by Gasteiger charge is 2.57. The Labute approximate surface area is 179 Å². The van der Waals surface area contributed by atoms with Crippen molar-refractivity contribution in [3.05, 3.63) is 59.2 Å². The second-order valence-electron chi connectivity index (χ2n) is 9.82. The first-order chi connectivity index (χ1) is 14.5. The van der Waals surface area contributed by atoms with Crippen LogP contribution in [0.5, 0.6) is 11.5 Å². The van der Waals surface area contributed by atoms with E-state index >= 15 is 0 Å².